The predicted molar refractivity (Wildman–Crippen MR) is 91.9 cm³/mol. The molecule has 5 nitrogen and oxygen atoms in total. The largest absolute Gasteiger partial charge is 0.481 e. The second-order valence-electron chi connectivity index (χ2n) is 5.41. The van der Waals surface area contributed by atoms with Gasteiger partial charge in [-0.15, -0.1) is 0 Å². The highest BCUT2D eigenvalue weighted by molar-refractivity contribution is 5.99. The molecule has 0 radical (unpaired) electrons. The van der Waals surface area contributed by atoms with Gasteiger partial charge in [0.2, 0.25) is 5.91 Å². The molecule has 0 atom stereocenters. The Labute approximate surface area is 134 Å². The van der Waals surface area contributed by atoms with Crippen molar-refractivity contribution in [1.29, 1.82) is 0 Å². The van der Waals surface area contributed by atoms with Crippen LogP contribution in [0.2, 0.25) is 0 Å². The third-order valence-corrected chi connectivity index (χ3v) is 3.53. The summed E-state index contributed by atoms with van der Waals surface area (Å²) in [6.07, 6.45) is 2.20. The van der Waals surface area contributed by atoms with Crippen molar-refractivity contribution in [3.8, 4) is 0 Å². The van der Waals surface area contributed by atoms with E-state index < -0.39 is 5.97 Å². The van der Waals surface area contributed by atoms with Crippen molar-refractivity contribution < 1.29 is 14.7 Å². The van der Waals surface area contributed by atoms with Crippen molar-refractivity contribution >= 4 is 34.4 Å². The molecule has 0 fully saturated rings. The number of carbonyl (C=O) groups is 2. The highest BCUT2D eigenvalue weighted by atomic mass is 16.4. The highest BCUT2D eigenvalue weighted by Gasteiger charge is 2.06. The zero-order valence-electron chi connectivity index (χ0n) is 13.0. The Morgan fingerprint density at radius 3 is 2.52 bits per heavy atom. The van der Waals surface area contributed by atoms with E-state index in [1.165, 1.54) is 0 Å². The fraction of sp³-hybridized carbons (Fsp3) is 0.222. The molecule has 120 valence electrons. The summed E-state index contributed by atoms with van der Waals surface area (Å²) < 4.78 is 0. The summed E-state index contributed by atoms with van der Waals surface area (Å²) in [5.74, 6) is -1.08. The molecule has 0 aliphatic rings. The van der Waals surface area contributed by atoms with Crippen LogP contribution in [0.5, 0.6) is 0 Å². The molecule has 0 saturated heterocycles. The molecule has 0 aliphatic heterocycles. The number of amides is 1. The maximum Gasteiger partial charge on any atom is 0.303 e. The summed E-state index contributed by atoms with van der Waals surface area (Å²) >= 11 is 0. The first-order chi connectivity index (χ1) is 11.0. The molecule has 0 aliphatic carbocycles. The number of nitrogens with one attached hydrogen (secondary N) is 1. The van der Waals surface area contributed by atoms with Crippen LogP contribution in [-0.2, 0) is 9.59 Å². The van der Waals surface area contributed by atoms with Crippen molar-refractivity contribution in [1.82, 2.24) is 5.32 Å². The molecule has 0 unspecified atom stereocenters. The maximum absolute atomic E-state index is 12.0. The Kier molecular flexibility index (Phi) is 5.36. The van der Waals surface area contributed by atoms with Crippen LogP contribution in [0.15, 0.2) is 42.0 Å². The van der Waals surface area contributed by atoms with E-state index >= 15 is 0 Å². The molecule has 4 N–H and O–H groups in total. The number of hydrogen-bond acceptors (Lipinski definition) is 3. The van der Waals surface area contributed by atoms with Crippen LogP contribution in [0.1, 0.15) is 25.3 Å². The van der Waals surface area contributed by atoms with Crippen LogP contribution in [0.4, 0.5) is 5.69 Å². The lowest BCUT2D eigenvalue weighted by atomic mass is 10.0. The van der Waals surface area contributed by atoms with Gasteiger partial charge < -0.3 is 16.2 Å². The molecule has 1 amide bonds. The molecule has 2 aromatic rings. The van der Waals surface area contributed by atoms with Crippen molar-refractivity contribution in [2.75, 3.05) is 12.3 Å². The molecule has 0 spiro atoms. The van der Waals surface area contributed by atoms with Gasteiger partial charge >= 0.3 is 5.97 Å². The second-order valence-corrected chi connectivity index (χ2v) is 5.41. The van der Waals surface area contributed by atoms with Gasteiger partial charge in [0.25, 0.3) is 0 Å². The van der Waals surface area contributed by atoms with Crippen LogP contribution in [0, 0.1) is 0 Å². The van der Waals surface area contributed by atoms with Gasteiger partial charge in [0.1, 0.15) is 0 Å². The highest BCUT2D eigenvalue weighted by Crippen LogP contribution is 2.23. The van der Waals surface area contributed by atoms with Gasteiger partial charge in [-0.2, -0.15) is 0 Å². The number of carboxylic acid groups (broad SMARTS) is 1. The number of aliphatic carboxylic acids is 1. The molecule has 5 heteroatoms. The minimum Gasteiger partial charge on any atom is -0.481 e. The molecular weight excluding hydrogens is 292 g/mol. The van der Waals surface area contributed by atoms with E-state index in [2.05, 4.69) is 5.32 Å². The van der Waals surface area contributed by atoms with E-state index in [1.807, 2.05) is 36.4 Å². The molecule has 0 aromatic heterocycles. The minimum atomic E-state index is -0.865. The summed E-state index contributed by atoms with van der Waals surface area (Å²) in [5.41, 5.74) is 7.98. The van der Waals surface area contributed by atoms with Crippen LogP contribution in [-0.4, -0.2) is 23.5 Å². The summed E-state index contributed by atoms with van der Waals surface area (Å²) in [5, 5.41) is 13.4. The molecule has 0 bridgehead atoms. The van der Waals surface area contributed by atoms with E-state index in [0.717, 1.165) is 16.3 Å². The van der Waals surface area contributed by atoms with Crippen molar-refractivity contribution in [2.24, 2.45) is 0 Å². The minimum absolute atomic E-state index is 0.0423. The Balaban J connectivity index is 2.09. The van der Waals surface area contributed by atoms with Crippen LogP contribution < -0.4 is 11.1 Å². The lowest BCUT2D eigenvalue weighted by Crippen LogP contribution is -2.25. The van der Waals surface area contributed by atoms with Gasteiger partial charge in [0.05, 0.1) is 0 Å². The van der Waals surface area contributed by atoms with Gasteiger partial charge in [0.15, 0.2) is 0 Å². The van der Waals surface area contributed by atoms with E-state index in [9.17, 15) is 9.59 Å². The monoisotopic (exact) mass is 312 g/mol. The number of hydrogen-bond donors (Lipinski definition) is 3. The smallest absolute Gasteiger partial charge is 0.303 e. The number of benzene rings is 2. The normalized spacial score (nSPS) is 11.4. The van der Waals surface area contributed by atoms with E-state index in [1.54, 1.807) is 13.0 Å². The average Bonchev–Trinajstić information content (AvgIpc) is 2.51. The first-order valence-corrected chi connectivity index (χ1v) is 7.44. The quantitative estimate of drug-likeness (QED) is 0.434. The number of fused-ring (bicyclic) bond motifs is 1. The summed E-state index contributed by atoms with van der Waals surface area (Å²) in [4.78, 5) is 22.4. The molecule has 2 rings (SSSR count). The first kappa shape index (κ1) is 16.5. The predicted octanol–water partition coefficient (Wildman–Crippen LogP) is 2.81. The number of carboxylic acids is 1. The summed E-state index contributed by atoms with van der Waals surface area (Å²) in [6, 6.07) is 11.7. The Bertz CT molecular complexity index is 766. The summed E-state index contributed by atoms with van der Waals surface area (Å²) in [7, 11) is 0. The fourth-order valence-electron chi connectivity index (χ4n) is 2.28. The SMILES string of the molecule is CC(=Cc1cc2ccccc2cc1N)C(=O)NCCCC(=O)O. The summed E-state index contributed by atoms with van der Waals surface area (Å²) in [6.45, 7) is 2.05. The topological polar surface area (TPSA) is 92.4 Å². The van der Waals surface area contributed by atoms with Crippen LogP contribution in [0.25, 0.3) is 16.8 Å². The Hall–Kier alpha value is -2.82. The number of nitrogens with two attached hydrogens (primary N) is 1. The zero-order chi connectivity index (χ0) is 16.8. The molecule has 0 saturated carbocycles. The average molecular weight is 312 g/mol. The van der Waals surface area contributed by atoms with Crippen molar-refractivity contribution in [3.05, 3.63) is 47.5 Å². The first-order valence-electron chi connectivity index (χ1n) is 7.44. The van der Waals surface area contributed by atoms with E-state index in [-0.39, 0.29) is 12.3 Å². The van der Waals surface area contributed by atoms with Gasteiger partial charge in [0, 0.05) is 24.2 Å². The van der Waals surface area contributed by atoms with Crippen LogP contribution >= 0.6 is 0 Å². The Morgan fingerprint density at radius 1 is 1.22 bits per heavy atom. The molecule has 0 heterocycles. The second kappa shape index (κ2) is 7.45. The maximum atomic E-state index is 12.0. The van der Waals surface area contributed by atoms with Gasteiger partial charge in [-0.05, 0) is 47.9 Å². The van der Waals surface area contributed by atoms with Gasteiger partial charge in [-0.3, -0.25) is 9.59 Å². The standard InChI is InChI=1S/C18H20N2O3/c1-12(18(23)20-8-4-7-17(21)22)9-15-10-13-5-2-3-6-14(13)11-16(15)19/h2-3,5-6,9-11H,4,7-8,19H2,1H3,(H,20,23)(H,21,22). The van der Waals surface area contributed by atoms with E-state index in [4.69, 9.17) is 10.8 Å². The third kappa shape index (κ3) is 4.57. The van der Waals surface area contributed by atoms with Crippen molar-refractivity contribution in [2.45, 2.75) is 19.8 Å². The molecular formula is C18H20N2O3. The third-order valence-electron chi connectivity index (χ3n) is 3.53. The number of anilines is 1. The zero-order valence-corrected chi connectivity index (χ0v) is 13.0. The van der Waals surface area contributed by atoms with Gasteiger partial charge in [-0.25, -0.2) is 0 Å². The molecule has 23 heavy (non-hydrogen) atoms. The number of rotatable bonds is 6. The fourth-order valence-corrected chi connectivity index (χ4v) is 2.28. The van der Waals surface area contributed by atoms with Crippen LogP contribution in [0.3, 0.4) is 0 Å². The van der Waals surface area contributed by atoms with E-state index in [0.29, 0.717) is 24.2 Å². The lowest BCUT2D eigenvalue weighted by Gasteiger charge is -2.07. The van der Waals surface area contributed by atoms with Gasteiger partial charge in [-0.1, -0.05) is 24.3 Å². The lowest BCUT2D eigenvalue weighted by molar-refractivity contribution is -0.137. The Morgan fingerprint density at radius 2 is 1.87 bits per heavy atom. The number of carbonyl (C=O) groups excluding carboxylic acids is 1. The van der Waals surface area contributed by atoms with Crippen molar-refractivity contribution in [3.63, 3.8) is 0 Å². The molecule has 2 aromatic carbocycles. The number of nitrogen functional groups attached to an aromatic ring is 1.